The highest BCUT2D eigenvalue weighted by atomic mass is 32.1. The lowest BCUT2D eigenvalue weighted by Gasteiger charge is -2.37. The van der Waals surface area contributed by atoms with Crippen LogP contribution in [0.25, 0.3) is 0 Å². The largest absolute Gasteiger partial charge is 0.466 e. The number of amides is 2. The Morgan fingerprint density at radius 3 is 2.39 bits per heavy atom. The first-order chi connectivity index (χ1) is 16.0. The van der Waals surface area contributed by atoms with Gasteiger partial charge in [-0.2, -0.15) is 0 Å². The molecule has 1 saturated heterocycles. The minimum atomic E-state index is -0.167. The van der Waals surface area contributed by atoms with E-state index in [4.69, 9.17) is 4.74 Å². The van der Waals surface area contributed by atoms with Gasteiger partial charge in [-0.3, -0.25) is 14.4 Å². The van der Waals surface area contributed by atoms with Gasteiger partial charge in [0.05, 0.1) is 18.6 Å². The normalized spacial score (nSPS) is 18.7. The van der Waals surface area contributed by atoms with E-state index in [1.807, 2.05) is 4.90 Å². The third kappa shape index (κ3) is 5.29. The molecular weight excluding hydrogens is 436 g/mol. The molecule has 3 heterocycles. The molecule has 2 aliphatic heterocycles. The second-order valence-corrected chi connectivity index (χ2v) is 9.86. The van der Waals surface area contributed by atoms with Crippen molar-refractivity contribution < 1.29 is 19.1 Å². The van der Waals surface area contributed by atoms with Gasteiger partial charge in [0.1, 0.15) is 0 Å². The molecule has 1 aromatic carbocycles. The number of benzene rings is 1. The zero-order chi connectivity index (χ0) is 23.4. The summed E-state index contributed by atoms with van der Waals surface area (Å²) >= 11 is 1.75. The van der Waals surface area contributed by atoms with Crippen LogP contribution in [0, 0.1) is 12.8 Å². The quantitative estimate of drug-likeness (QED) is 0.599. The molecule has 2 aliphatic rings. The molecule has 2 amide bonds. The summed E-state index contributed by atoms with van der Waals surface area (Å²) in [7, 11) is 0. The number of carbonyl (C=O) groups is 3. The van der Waals surface area contributed by atoms with Crippen LogP contribution in [0.1, 0.15) is 60.2 Å². The van der Waals surface area contributed by atoms with E-state index >= 15 is 0 Å². The minimum Gasteiger partial charge on any atom is -0.466 e. The Bertz CT molecular complexity index is 992. The third-order valence-corrected chi connectivity index (χ3v) is 7.70. The lowest BCUT2D eigenvalue weighted by atomic mass is 9.92. The Morgan fingerprint density at radius 2 is 1.70 bits per heavy atom. The van der Waals surface area contributed by atoms with Crippen LogP contribution in [-0.4, -0.2) is 53.8 Å². The summed E-state index contributed by atoms with van der Waals surface area (Å²) < 4.78 is 5.10. The SMILES string of the molecule is CCOC(=O)C1CCN(C(=O)CCC(=O)N2CCc3sccc3C2c2ccc(C)cc2)CC1. The fourth-order valence-corrected chi connectivity index (χ4v) is 5.74. The summed E-state index contributed by atoms with van der Waals surface area (Å²) in [6, 6.07) is 10.4. The number of thiophene rings is 1. The molecule has 0 saturated carbocycles. The number of fused-ring (bicyclic) bond motifs is 1. The van der Waals surface area contributed by atoms with Crippen molar-refractivity contribution >= 4 is 29.1 Å². The predicted octanol–water partition coefficient (Wildman–Crippen LogP) is 4.11. The highest BCUT2D eigenvalue weighted by Crippen LogP contribution is 2.38. The van der Waals surface area contributed by atoms with Gasteiger partial charge in [-0.15, -0.1) is 11.3 Å². The maximum absolute atomic E-state index is 13.3. The minimum absolute atomic E-state index is 0.00854. The highest BCUT2D eigenvalue weighted by molar-refractivity contribution is 7.10. The summed E-state index contributed by atoms with van der Waals surface area (Å²) in [4.78, 5) is 43.0. The first kappa shape index (κ1) is 23.5. The summed E-state index contributed by atoms with van der Waals surface area (Å²) in [5.74, 6) is -0.281. The molecule has 1 unspecified atom stereocenters. The first-order valence-electron chi connectivity index (χ1n) is 11.8. The number of hydrogen-bond acceptors (Lipinski definition) is 5. The predicted molar refractivity (Wildman–Crippen MR) is 128 cm³/mol. The molecule has 0 N–H and O–H groups in total. The van der Waals surface area contributed by atoms with Crippen molar-refractivity contribution in [3.05, 3.63) is 57.3 Å². The smallest absolute Gasteiger partial charge is 0.309 e. The molecule has 4 rings (SSSR count). The molecule has 1 atom stereocenters. The van der Waals surface area contributed by atoms with E-state index in [1.54, 1.807) is 23.2 Å². The molecular formula is C26H32N2O4S. The number of aryl methyl sites for hydroxylation is 1. The van der Waals surface area contributed by atoms with Crippen LogP contribution in [0.2, 0.25) is 0 Å². The second kappa shape index (κ2) is 10.5. The van der Waals surface area contributed by atoms with Crippen molar-refractivity contribution in [3.63, 3.8) is 0 Å². The van der Waals surface area contributed by atoms with Gasteiger partial charge in [0, 0.05) is 37.4 Å². The molecule has 6 nitrogen and oxygen atoms in total. The van der Waals surface area contributed by atoms with Gasteiger partial charge in [0.25, 0.3) is 0 Å². The number of hydrogen-bond donors (Lipinski definition) is 0. The Morgan fingerprint density at radius 1 is 1.00 bits per heavy atom. The van der Waals surface area contributed by atoms with Gasteiger partial charge >= 0.3 is 5.97 Å². The van der Waals surface area contributed by atoms with E-state index in [0.717, 1.165) is 12.0 Å². The molecule has 176 valence electrons. The maximum Gasteiger partial charge on any atom is 0.309 e. The van der Waals surface area contributed by atoms with Crippen molar-refractivity contribution in [1.82, 2.24) is 9.80 Å². The van der Waals surface area contributed by atoms with Crippen molar-refractivity contribution in [2.75, 3.05) is 26.2 Å². The summed E-state index contributed by atoms with van der Waals surface area (Å²) in [6.07, 6.45) is 2.52. The Labute approximate surface area is 199 Å². The van der Waals surface area contributed by atoms with Crippen molar-refractivity contribution in [2.24, 2.45) is 5.92 Å². The highest BCUT2D eigenvalue weighted by Gasteiger charge is 2.33. The molecule has 7 heteroatoms. The van der Waals surface area contributed by atoms with Crippen LogP contribution >= 0.6 is 11.3 Å². The van der Waals surface area contributed by atoms with Crippen molar-refractivity contribution in [2.45, 2.75) is 52.0 Å². The van der Waals surface area contributed by atoms with Crippen molar-refractivity contribution in [1.29, 1.82) is 0 Å². The zero-order valence-corrected chi connectivity index (χ0v) is 20.2. The molecule has 0 aliphatic carbocycles. The number of rotatable bonds is 6. The van der Waals surface area contributed by atoms with Crippen LogP contribution in [-0.2, 0) is 25.5 Å². The molecule has 2 aromatic rings. The van der Waals surface area contributed by atoms with Crippen LogP contribution in [0.4, 0.5) is 0 Å². The van der Waals surface area contributed by atoms with Gasteiger partial charge in [0.15, 0.2) is 0 Å². The van der Waals surface area contributed by atoms with E-state index in [2.05, 4.69) is 42.6 Å². The summed E-state index contributed by atoms with van der Waals surface area (Å²) in [5, 5.41) is 2.10. The monoisotopic (exact) mass is 468 g/mol. The van der Waals surface area contributed by atoms with E-state index < -0.39 is 0 Å². The van der Waals surface area contributed by atoms with E-state index in [1.165, 1.54) is 16.0 Å². The number of nitrogens with zero attached hydrogens (tertiary/aromatic N) is 2. The van der Waals surface area contributed by atoms with Crippen LogP contribution in [0.15, 0.2) is 35.7 Å². The molecule has 33 heavy (non-hydrogen) atoms. The zero-order valence-electron chi connectivity index (χ0n) is 19.4. The van der Waals surface area contributed by atoms with Gasteiger partial charge in [-0.25, -0.2) is 0 Å². The van der Waals surface area contributed by atoms with Crippen LogP contribution < -0.4 is 0 Å². The summed E-state index contributed by atoms with van der Waals surface area (Å²) in [5.41, 5.74) is 3.51. The Hall–Kier alpha value is -2.67. The Balaban J connectivity index is 1.37. The van der Waals surface area contributed by atoms with Crippen molar-refractivity contribution in [3.8, 4) is 0 Å². The number of ether oxygens (including phenoxy) is 1. The molecule has 1 aromatic heterocycles. The fraction of sp³-hybridized carbons (Fsp3) is 0.500. The third-order valence-electron chi connectivity index (χ3n) is 6.70. The molecule has 0 bridgehead atoms. The topological polar surface area (TPSA) is 66.9 Å². The van der Waals surface area contributed by atoms with Gasteiger partial charge in [-0.1, -0.05) is 29.8 Å². The van der Waals surface area contributed by atoms with Crippen LogP contribution in [0.3, 0.4) is 0 Å². The average molecular weight is 469 g/mol. The van der Waals surface area contributed by atoms with Gasteiger partial charge in [-0.05, 0) is 55.7 Å². The van der Waals surface area contributed by atoms with E-state index in [9.17, 15) is 14.4 Å². The van der Waals surface area contributed by atoms with Gasteiger partial charge in [0.2, 0.25) is 11.8 Å². The maximum atomic E-state index is 13.3. The fourth-order valence-electron chi connectivity index (χ4n) is 4.83. The summed E-state index contributed by atoms with van der Waals surface area (Å²) in [6.45, 7) is 6.01. The lowest BCUT2D eigenvalue weighted by Crippen LogP contribution is -2.42. The van der Waals surface area contributed by atoms with E-state index in [0.29, 0.717) is 39.1 Å². The van der Waals surface area contributed by atoms with E-state index in [-0.39, 0.29) is 42.6 Å². The molecule has 1 fully saturated rings. The van der Waals surface area contributed by atoms with Gasteiger partial charge < -0.3 is 14.5 Å². The number of likely N-dealkylation sites (tertiary alicyclic amines) is 1. The number of carbonyl (C=O) groups excluding carboxylic acids is 3. The molecule has 0 radical (unpaired) electrons. The number of piperidine rings is 1. The first-order valence-corrected chi connectivity index (χ1v) is 12.7. The van der Waals surface area contributed by atoms with Crippen LogP contribution in [0.5, 0.6) is 0 Å². The second-order valence-electron chi connectivity index (χ2n) is 8.86. The average Bonchev–Trinajstić information content (AvgIpc) is 3.31. The Kier molecular flexibility index (Phi) is 7.48. The standard InChI is InChI=1S/C26H32N2O4S/c1-3-32-26(31)20-10-14-27(15-11-20)23(29)8-9-24(30)28-16-12-22-21(13-17-33-22)25(28)19-6-4-18(2)5-7-19/h4-7,13,17,20,25H,3,8-12,14-16H2,1-2H3. The molecule has 0 spiro atoms. The number of esters is 1. The lowest BCUT2D eigenvalue weighted by molar-refractivity contribution is -0.151.